The van der Waals surface area contributed by atoms with Gasteiger partial charge in [-0.2, -0.15) is 0 Å². The number of aromatic nitrogens is 1. The van der Waals surface area contributed by atoms with E-state index in [0.29, 0.717) is 38.8 Å². The molecule has 0 bridgehead atoms. The van der Waals surface area contributed by atoms with Gasteiger partial charge in [-0.25, -0.2) is 9.79 Å². The van der Waals surface area contributed by atoms with Crippen LogP contribution in [0.3, 0.4) is 0 Å². The quantitative estimate of drug-likeness (QED) is 0.356. The third-order valence-electron chi connectivity index (χ3n) is 6.40. The summed E-state index contributed by atoms with van der Waals surface area (Å²) in [6.45, 7) is 4.34. The first-order chi connectivity index (χ1) is 17.9. The Morgan fingerprint density at radius 2 is 1.84 bits per heavy atom. The molecule has 0 radical (unpaired) electrons. The van der Waals surface area contributed by atoms with Gasteiger partial charge in [-0.1, -0.05) is 59.3 Å². The van der Waals surface area contributed by atoms with Gasteiger partial charge in [0.15, 0.2) is 4.80 Å². The van der Waals surface area contributed by atoms with Gasteiger partial charge in [-0.15, -0.1) is 0 Å². The molecule has 2 aliphatic heterocycles. The molecule has 8 nitrogen and oxygen atoms in total. The molecule has 0 spiro atoms. The van der Waals surface area contributed by atoms with E-state index in [1.807, 2.05) is 31.2 Å². The Balaban J connectivity index is 1.78. The molecule has 1 amide bonds. The zero-order valence-electron chi connectivity index (χ0n) is 20.5. The lowest BCUT2D eigenvalue weighted by atomic mass is 9.96. The molecule has 0 unspecified atom stereocenters. The summed E-state index contributed by atoms with van der Waals surface area (Å²) < 4.78 is 12.1. The summed E-state index contributed by atoms with van der Waals surface area (Å²) in [7, 11) is 1.51. The third kappa shape index (κ3) is 4.13. The maximum absolute atomic E-state index is 14.1. The maximum Gasteiger partial charge on any atom is 0.338 e. The van der Waals surface area contributed by atoms with Crippen LogP contribution in [0.4, 0.5) is 5.69 Å². The Morgan fingerprint density at radius 3 is 2.57 bits per heavy atom. The van der Waals surface area contributed by atoms with Gasteiger partial charge in [0.2, 0.25) is 0 Å². The van der Waals surface area contributed by atoms with Crippen LogP contribution < -0.4 is 19.8 Å². The van der Waals surface area contributed by atoms with Crippen molar-refractivity contribution >= 4 is 46.1 Å². The monoisotopic (exact) mass is 537 g/mol. The summed E-state index contributed by atoms with van der Waals surface area (Å²) >= 11 is 7.71. The van der Waals surface area contributed by atoms with Crippen molar-refractivity contribution in [1.29, 1.82) is 0 Å². The lowest BCUT2D eigenvalue weighted by molar-refractivity contribution is -0.140. The molecular formula is C27H24ClN3O5S. The summed E-state index contributed by atoms with van der Waals surface area (Å²) in [6.07, 6.45) is 0. The number of hydrogen-bond donors (Lipinski definition) is 0. The van der Waals surface area contributed by atoms with Crippen LogP contribution in [-0.4, -0.2) is 43.3 Å². The molecule has 2 aliphatic rings. The van der Waals surface area contributed by atoms with Crippen molar-refractivity contribution in [1.82, 2.24) is 4.57 Å². The lowest BCUT2D eigenvalue weighted by Gasteiger charge is -2.25. The van der Waals surface area contributed by atoms with Crippen LogP contribution in [-0.2, 0) is 19.1 Å². The zero-order valence-corrected chi connectivity index (χ0v) is 22.1. The normalized spacial score (nSPS) is 18.0. The maximum atomic E-state index is 14.1. The fraction of sp³-hybridized carbons (Fsp3) is 0.259. The lowest BCUT2D eigenvalue weighted by Crippen LogP contribution is -2.41. The van der Waals surface area contributed by atoms with Crippen LogP contribution >= 0.6 is 22.9 Å². The number of nitrogens with zero attached hydrogens (tertiary/aromatic N) is 3. The molecule has 1 atom stereocenters. The Morgan fingerprint density at radius 1 is 1.11 bits per heavy atom. The Bertz CT molecular complexity index is 1640. The Labute approximate surface area is 221 Å². The molecule has 190 valence electrons. The summed E-state index contributed by atoms with van der Waals surface area (Å²) in [6, 6.07) is 13.6. The Hall–Kier alpha value is -3.53. The van der Waals surface area contributed by atoms with Crippen molar-refractivity contribution in [2.75, 3.05) is 31.8 Å². The zero-order chi connectivity index (χ0) is 26.3. The standard InChI is InChI=1S/C27H24ClN3O5S/c1-4-30-19-12-8-6-10-17(19)21(24(30)32)23-25(33)31-22(16-9-5-7-11-18(16)28)20(15(2)29-27(31)37-23)26(34)36-14-13-35-3/h5-12,22H,4,13-14H2,1-3H3/b23-21-/t22-/m1/s1. The number of ether oxygens (including phenoxy) is 2. The number of anilines is 1. The van der Waals surface area contributed by atoms with Crippen molar-refractivity contribution in [2.24, 2.45) is 4.99 Å². The van der Waals surface area contributed by atoms with Crippen LogP contribution in [0.25, 0.3) is 5.57 Å². The van der Waals surface area contributed by atoms with Crippen molar-refractivity contribution in [2.45, 2.75) is 19.9 Å². The number of amides is 1. The van der Waals surface area contributed by atoms with Gasteiger partial charge in [-0.05, 0) is 31.5 Å². The van der Waals surface area contributed by atoms with E-state index >= 15 is 0 Å². The number of esters is 1. The van der Waals surface area contributed by atoms with E-state index in [2.05, 4.69) is 4.99 Å². The predicted octanol–water partition coefficient (Wildman–Crippen LogP) is 2.81. The number of hydrogen-bond acceptors (Lipinski definition) is 7. The van der Waals surface area contributed by atoms with E-state index in [0.717, 1.165) is 17.0 Å². The third-order valence-corrected chi connectivity index (χ3v) is 7.80. The fourth-order valence-corrected chi connectivity index (χ4v) is 6.11. The molecular weight excluding hydrogens is 514 g/mol. The number of carbonyl (C=O) groups is 2. The van der Waals surface area contributed by atoms with Crippen LogP contribution in [0.5, 0.6) is 0 Å². The minimum absolute atomic E-state index is 0.0497. The average molecular weight is 538 g/mol. The van der Waals surface area contributed by atoms with Gasteiger partial charge in [-0.3, -0.25) is 14.2 Å². The minimum atomic E-state index is -0.872. The molecule has 1 aromatic heterocycles. The summed E-state index contributed by atoms with van der Waals surface area (Å²) in [5, 5.41) is 0.391. The molecule has 3 aromatic rings. The van der Waals surface area contributed by atoms with Gasteiger partial charge in [0.05, 0.1) is 29.1 Å². The Kier molecular flexibility index (Phi) is 6.85. The van der Waals surface area contributed by atoms with E-state index in [1.54, 1.807) is 36.1 Å². The predicted molar refractivity (Wildman–Crippen MR) is 141 cm³/mol. The van der Waals surface area contributed by atoms with Gasteiger partial charge < -0.3 is 14.4 Å². The van der Waals surface area contributed by atoms with Gasteiger partial charge in [0.25, 0.3) is 11.5 Å². The molecule has 2 aromatic carbocycles. The number of rotatable bonds is 6. The molecule has 5 rings (SSSR count). The number of benzene rings is 2. The number of carbonyl (C=O) groups excluding carboxylic acids is 2. The number of halogens is 1. The summed E-state index contributed by atoms with van der Waals surface area (Å²) in [4.78, 5) is 47.4. The smallest absolute Gasteiger partial charge is 0.338 e. The van der Waals surface area contributed by atoms with E-state index in [-0.39, 0.29) is 29.2 Å². The molecule has 0 saturated carbocycles. The van der Waals surface area contributed by atoms with E-state index in [4.69, 9.17) is 21.1 Å². The van der Waals surface area contributed by atoms with Crippen LogP contribution in [0.15, 0.2) is 69.6 Å². The van der Waals surface area contributed by atoms with Crippen LogP contribution in [0.1, 0.15) is 31.0 Å². The van der Waals surface area contributed by atoms with Crippen molar-refractivity contribution in [3.05, 3.63) is 95.6 Å². The first kappa shape index (κ1) is 25.1. The highest BCUT2D eigenvalue weighted by Crippen LogP contribution is 2.36. The van der Waals surface area contributed by atoms with Gasteiger partial charge in [0, 0.05) is 24.2 Å². The van der Waals surface area contributed by atoms with Crippen LogP contribution in [0, 0.1) is 0 Å². The average Bonchev–Trinajstić information content (AvgIpc) is 3.35. The second-order valence-corrected chi connectivity index (χ2v) is 9.88. The largest absolute Gasteiger partial charge is 0.460 e. The molecule has 0 saturated heterocycles. The molecule has 0 fully saturated rings. The number of para-hydroxylation sites is 1. The highest BCUT2D eigenvalue weighted by Gasteiger charge is 2.37. The van der Waals surface area contributed by atoms with Crippen molar-refractivity contribution in [3.8, 4) is 0 Å². The van der Waals surface area contributed by atoms with E-state index in [1.165, 1.54) is 11.7 Å². The number of likely N-dealkylation sites (N-methyl/N-ethyl adjacent to an activating group) is 1. The van der Waals surface area contributed by atoms with Gasteiger partial charge >= 0.3 is 5.97 Å². The van der Waals surface area contributed by atoms with Crippen molar-refractivity contribution < 1.29 is 19.1 Å². The number of thiazole rings is 1. The first-order valence-electron chi connectivity index (χ1n) is 11.8. The first-order valence-corrected chi connectivity index (χ1v) is 12.9. The fourth-order valence-electron chi connectivity index (χ4n) is 4.73. The second kappa shape index (κ2) is 10.1. The molecule has 10 heteroatoms. The van der Waals surface area contributed by atoms with Crippen LogP contribution in [0.2, 0.25) is 5.02 Å². The number of methoxy groups -OCH3 is 1. The van der Waals surface area contributed by atoms with E-state index in [9.17, 15) is 14.4 Å². The second-order valence-electron chi connectivity index (χ2n) is 8.49. The summed E-state index contributed by atoms with van der Waals surface area (Å²) in [5.74, 6) is -0.848. The highest BCUT2D eigenvalue weighted by atomic mass is 35.5. The van der Waals surface area contributed by atoms with E-state index < -0.39 is 17.6 Å². The topological polar surface area (TPSA) is 90.2 Å². The number of allylic oxidation sites excluding steroid dienone is 1. The minimum Gasteiger partial charge on any atom is -0.460 e. The number of fused-ring (bicyclic) bond motifs is 2. The molecule has 0 aliphatic carbocycles. The summed E-state index contributed by atoms with van der Waals surface area (Å²) in [5.41, 5.74) is 2.56. The van der Waals surface area contributed by atoms with Crippen molar-refractivity contribution in [3.63, 3.8) is 0 Å². The molecule has 3 heterocycles. The molecule has 37 heavy (non-hydrogen) atoms. The highest BCUT2D eigenvalue weighted by molar-refractivity contribution is 7.07. The van der Waals surface area contributed by atoms with Gasteiger partial charge in [0.1, 0.15) is 17.2 Å². The molecule has 0 N–H and O–H groups in total. The SMILES string of the molecule is CCN1C(=O)/C(=c2\sc3n(c2=O)[C@H](c2ccccc2Cl)C(C(=O)OCCOC)=C(C)N=3)c2ccccc21.